The first-order valence-electron chi connectivity index (χ1n) is 6.55. The fourth-order valence-corrected chi connectivity index (χ4v) is 2.13. The molecule has 0 bridgehead atoms. The summed E-state index contributed by atoms with van der Waals surface area (Å²) in [4.78, 5) is 10.4. The lowest BCUT2D eigenvalue weighted by Crippen LogP contribution is -2.24. The lowest BCUT2D eigenvalue weighted by atomic mass is 9.95. The van der Waals surface area contributed by atoms with Crippen molar-refractivity contribution in [2.45, 2.75) is 64.3 Å². The van der Waals surface area contributed by atoms with Crippen molar-refractivity contribution in [2.75, 3.05) is 0 Å². The highest BCUT2D eigenvalue weighted by Gasteiger charge is 2.20. The molecule has 0 aromatic rings. The Hall–Kier alpha value is -0.570. The van der Waals surface area contributed by atoms with E-state index in [0.29, 0.717) is 5.92 Å². The molecule has 0 aromatic carbocycles. The lowest BCUT2D eigenvalue weighted by Gasteiger charge is -2.14. The molecule has 0 radical (unpaired) electrons. The number of aliphatic carboxylic acids is 1. The van der Waals surface area contributed by atoms with E-state index in [1.165, 1.54) is 32.1 Å². The van der Waals surface area contributed by atoms with Gasteiger partial charge in [-0.15, -0.1) is 0 Å². The van der Waals surface area contributed by atoms with Gasteiger partial charge in [0.05, 0.1) is 6.42 Å². The lowest BCUT2D eigenvalue weighted by molar-refractivity contribution is -0.137. The Kier molecular flexibility index (Phi) is 5.81. The van der Waals surface area contributed by atoms with Gasteiger partial charge in [0.15, 0.2) is 0 Å². The quantitative estimate of drug-likeness (QED) is 0.636. The van der Waals surface area contributed by atoms with Gasteiger partial charge in [0.25, 0.3) is 0 Å². The van der Waals surface area contributed by atoms with Crippen molar-refractivity contribution in [3.8, 4) is 0 Å². The second-order valence-electron chi connectivity index (χ2n) is 5.41. The third-order valence-corrected chi connectivity index (χ3v) is 3.47. The van der Waals surface area contributed by atoms with E-state index < -0.39 is 5.97 Å². The zero-order chi connectivity index (χ0) is 12.0. The number of carboxylic acid groups (broad SMARTS) is 1. The van der Waals surface area contributed by atoms with Gasteiger partial charge in [0, 0.05) is 6.04 Å². The Morgan fingerprint density at radius 3 is 2.62 bits per heavy atom. The van der Waals surface area contributed by atoms with Crippen LogP contribution in [0.25, 0.3) is 0 Å². The summed E-state index contributed by atoms with van der Waals surface area (Å²) in [6.45, 7) is 2.25. The van der Waals surface area contributed by atoms with Gasteiger partial charge in [-0.3, -0.25) is 4.79 Å². The van der Waals surface area contributed by atoms with Crippen LogP contribution >= 0.6 is 0 Å². The summed E-state index contributed by atoms with van der Waals surface area (Å²) < 4.78 is 0. The third kappa shape index (κ3) is 6.83. The van der Waals surface area contributed by atoms with E-state index in [-0.39, 0.29) is 12.5 Å². The van der Waals surface area contributed by atoms with Gasteiger partial charge >= 0.3 is 5.97 Å². The Bertz CT molecular complexity index is 214. The number of rotatable bonds is 9. The molecule has 2 atom stereocenters. The Labute approximate surface area is 98.4 Å². The average molecular weight is 227 g/mol. The maximum atomic E-state index is 10.4. The van der Waals surface area contributed by atoms with Crippen molar-refractivity contribution in [1.82, 2.24) is 0 Å². The second-order valence-corrected chi connectivity index (χ2v) is 5.41. The highest BCUT2D eigenvalue weighted by molar-refractivity contribution is 5.67. The van der Waals surface area contributed by atoms with Gasteiger partial charge in [0.1, 0.15) is 0 Å². The van der Waals surface area contributed by atoms with Gasteiger partial charge < -0.3 is 10.8 Å². The van der Waals surface area contributed by atoms with Crippen molar-refractivity contribution in [2.24, 2.45) is 17.6 Å². The van der Waals surface area contributed by atoms with Gasteiger partial charge in [-0.25, -0.2) is 0 Å². The monoisotopic (exact) mass is 227 g/mol. The van der Waals surface area contributed by atoms with E-state index in [1.54, 1.807) is 0 Å². The molecule has 1 fully saturated rings. The number of carbonyl (C=O) groups is 1. The van der Waals surface area contributed by atoms with E-state index in [1.807, 2.05) is 0 Å². The van der Waals surface area contributed by atoms with Crippen LogP contribution in [-0.4, -0.2) is 17.1 Å². The number of nitrogens with two attached hydrogens (primary N) is 1. The van der Waals surface area contributed by atoms with E-state index in [9.17, 15) is 4.79 Å². The number of hydrogen-bond donors (Lipinski definition) is 2. The van der Waals surface area contributed by atoms with E-state index in [4.69, 9.17) is 10.8 Å². The van der Waals surface area contributed by atoms with Crippen molar-refractivity contribution < 1.29 is 9.90 Å². The molecule has 0 spiro atoms. The third-order valence-electron chi connectivity index (χ3n) is 3.47. The van der Waals surface area contributed by atoms with Crippen LogP contribution in [0.2, 0.25) is 0 Å². The molecule has 0 heterocycles. The first-order valence-corrected chi connectivity index (χ1v) is 6.55. The zero-order valence-corrected chi connectivity index (χ0v) is 10.3. The summed E-state index contributed by atoms with van der Waals surface area (Å²) in [6, 6.07) is -0.164. The van der Waals surface area contributed by atoms with Crippen LogP contribution in [-0.2, 0) is 4.79 Å². The Balaban J connectivity index is 1.95. The summed E-state index contributed by atoms with van der Waals surface area (Å²) in [5.41, 5.74) is 5.73. The molecule has 3 heteroatoms. The predicted octanol–water partition coefficient (Wildman–Crippen LogP) is 2.79. The fourth-order valence-electron chi connectivity index (χ4n) is 2.13. The van der Waals surface area contributed by atoms with Crippen LogP contribution in [0, 0.1) is 11.8 Å². The van der Waals surface area contributed by atoms with Gasteiger partial charge in [-0.2, -0.15) is 0 Å². The predicted molar refractivity (Wildman–Crippen MR) is 65.2 cm³/mol. The summed E-state index contributed by atoms with van der Waals surface area (Å²) in [7, 11) is 0. The molecular weight excluding hydrogens is 202 g/mol. The minimum Gasteiger partial charge on any atom is -0.481 e. The van der Waals surface area contributed by atoms with Crippen LogP contribution in [0.3, 0.4) is 0 Å². The van der Waals surface area contributed by atoms with Crippen LogP contribution in [0.4, 0.5) is 0 Å². The molecule has 3 N–H and O–H groups in total. The Morgan fingerprint density at radius 2 is 2.06 bits per heavy atom. The molecule has 0 amide bonds. The van der Waals surface area contributed by atoms with E-state index in [0.717, 1.165) is 18.8 Å². The van der Waals surface area contributed by atoms with Crippen molar-refractivity contribution in [3.05, 3.63) is 0 Å². The summed E-state index contributed by atoms with van der Waals surface area (Å²) in [5, 5.41) is 8.58. The standard InChI is InChI=1S/C13H25NO2/c1-10(3-2-4-11-6-7-11)5-8-12(14)9-13(15)16/h10-12H,2-9,14H2,1H3,(H,15,16)/t10-,12+/m1/s1. The average Bonchev–Trinajstić information content (AvgIpc) is 2.97. The van der Waals surface area contributed by atoms with Crippen LogP contribution in [0.5, 0.6) is 0 Å². The Morgan fingerprint density at radius 1 is 1.38 bits per heavy atom. The maximum Gasteiger partial charge on any atom is 0.304 e. The molecular formula is C13H25NO2. The van der Waals surface area contributed by atoms with Crippen molar-refractivity contribution in [1.29, 1.82) is 0 Å². The number of hydrogen-bond acceptors (Lipinski definition) is 2. The highest BCUT2D eigenvalue weighted by atomic mass is 16.4. The second kappa shape index (κ2) is 6.89. The molecule has 94 valence electrons. The summed E-state index contributed by atoms with van der Waals surface area (Å²) in [6.07, 6.45) is 8.91. The van der Waals surface area contributed by atoms with Crippen LogP contribution < -0.4 is 5.73 Å². The highest BCUT2D eigenvalue weighted by Crippen LogP contribution is 2.34. The van der Waals surface area contributed by atoms with Gasteiger partial charge in [0.2, 0.25) is 0 Å². The molecule has 1 aliphatic rings. The largest absolute Gasteiger partial charge is 0.481 e. The molecule has 3 nitrogen and oxygen atoms in total. The van der Waals surface area contributed by atoms with Crippen molar-refractivity contribution >= 4 is 5.97 Å². The molecule has 0 aliphatic heterocycles. The van der Waals surface area contributed by atoms with E-state index in [2.05, 4.69) is 6.92 Å². The molecule has 0 aromatic heterocycles. The maximum absolute atomic E-state index is 10.4. The first kappa shape index (κ1) is 13.5. The molecule has 0 saturated heterocycles. The van der Waals surface area contributed by atoms with Gasteiger partial charge in [-0.1, -0.05) is 39.0 Å². The number of carboxylic acids is 1. The smallest absolute Gasteiger partial charge is 0.304 e. The molecule has 1 aliphatic carbocycles. The minimum atomic E-state index is -0.783. The van der Waals surface area contributed by atoms with Crippen molar-refractivity contribution in [3.63, 3.8) is 0 Å². The zero-order valence-electron chi connectivity index (χ0n) is 10.3. The van der Waals surface area contributed by atoms with Gasteiger partial charge in [-0.05, 0) is 24.7 Å². The van der Waals surface area contributed by atoms with E-state index >= 15 is 0 Å². The molecule has 1 rings (SSSR count). The van der Waals surface area contributed by atoms with Crippen LogP contribution in [0.15, 0.2) is 0 Å². The normalized spacial score (nSPS) is 19.4. The van der Waals surface area contributed by atoms with Crippen LogP contribution in [0.1, 0.15) is 58.3 Å². The molecule has 1 saturated carbocycles. The molecule has 0 unspecified atom stereocenters. The SMILES string of the molecule is C[C@H](CCCC1CC1)CC[C@H](N)CC(=O)O. The fraction of sp³-hybridized carbons (Fsp3) is 0.923. The first-order chi connectivity index (χ1) is 7.58. The summed E-state index contributed by atoms with van der Waals surface area (Å²) in [5.74, 6) is 0.939. The topological polar surface area (TPSA) is 63.3 Å². The minimum absolute atomic E-state index is 0.106. The molecule has 16 heavy (non-hydrogen) atoms. The summed E-state index contributed by atoms with van der Waals surface area (Å²) >= 11 is 0.